The summed E-state index contributed by atoms with van der Waals surface area (Å²) < 4.78 is 4.99. The summed E-state index contributed by atoms with van der Waals surface area (Å²) in [5, 5.41) is 13.8. The molecule has 0 saturated heterocycles. The van der Waals surface area contributed by atoms with E-state index in [0.717, 1.165) is 23.1 Å². The number of nitrogens with zero attached hydrogens (tertiary/aromatic N) is 2. The van der Waals surface area contributed by atoms with E-state index in [9.17, 15) is 0 Å². The number of methoxy groups -OCH3 is 1. The number of aryl methyl sites for hydroxylation is 2. The van der Waals surface area contributed by atoms with Crippen LogP contribution in [0.1, 0.15) is 16.1 Å². The van der Waals surface area contributed by atoms with E-state index in [1.165, 1.54) is 16.7 Å². The lowest BCUT2D eigenvalue weighted by Gasteiger charge is -2.04. The van der Waals surface area contributed by atoms with Gasteiger partial charge in [0.1, 0.15) is 10.0 Å². The number of rotatable bonds is 6. The molecular weight excluding hydrogens is 258 g/mol. The standard InChI is InChI=1S/C14H19N3OS/c1-10-5-4-6-11(2)13(10)14-17-16-12(19-14)9-15-7-8-18-3/h4-6,15H,7-9H2,1-3H3. The Morgan fingerprint density at radius 3 is 2.63 bits per heavy atom. The average molecular weight is 277 g/mol. The van der Waals surface area contributed by atoms with Crippen molar-refractivity contribution in [2.45, 2.75) is 20.4 Å². The zero-order valence-electron chi connectivity index (χ0n) is 11.6. The van der Waals surface area contributed by atoms with Crippen molar-refractivity contribution in [3.63, 3.8) is 0 Å². The lowest BCUT2D eigenvalue weighted by Crippen LogP contribution is -2.18. The van der Waals surface area contributed by atoms with Crippen molar-refractivity contribution in [1.82, 2.24) is 15.5 Å². The zero-order valence-corrected chi connectivity index (χ0v) is 12.4. The van der Waals surface area contributed by atoms with Crippen molar-refractivity contribution in [2.24, 2.45) is 0 Å². The van der Waals surface area contributed by atoms with E-state index in [-0.39, 0.29) is 0 Å². The van der Waals surface area contributed by atoms with Gasteiger partial charge in [0.25, 0.3) is 0 Å². The lowest BCUT2D eigenvalue weighted by atomic mass is 10.0. The van der Waals surface area contributed by atoms with Gasteiger partial charge in [-0.3, -0.25) is 0 Å². The number of benzene rings is 1. The minimum Gasteiger partial charge on any atom is -0.383 e. The fourth-order valence-electron chi connectivity index (χ4n) is 1.95. The second kappa shape index (κ2) is 6.75. The Morgan fingerprint density at radius 1 is 1.21 bits per heavy atom. The Bertz CT molecular complexity index is 519. The summed E-state index contributed by atoms with van der Waals surface area (Å²) in [5.74, 6) is 0. The lowest BCUT2D eigenvalue weighted by molar-refractivity contribution is 0.199. The molecule has 0 aliphatic rings. The van der Waals surface area contributed by atoms with Crippen LogP contribution in [0.4, 0.5) is 0 Å². The smallest absolute Gasteiger partial charge is 0.148 e. The molecule has 1 aromatic heterocycles. The third-order valence-electron chi connectivity index (χ3n) is 2.92. The minimum atomic E-state index is 0.711. The van der Waals surface area contributed by atoms with Crippen LogP contribution in [0.15, 0.2) is 18.2 Å². The predicted octanol–water partition coefficient (Wildman–Crippen LogP) is 2.56. The number of hydrogen-bond donors (Lipinski definition) is 1. The van der Waals surface area contributed by atoms with E-state index in [4.69, 9.17) is 4.74 Å². The molecule has 0 atom stereocenters. The predicted molar refractivity (Wildman–Crippen MR) is 78.4 cm³/mol. The molecule has 2 aromatic rings. The molecule has 5 heteroatoms. The molecule has 1 N–H and O–H groups in total. The summed E-state index contributed by atoms with van der Waals surface area (Å²) in [6.07, 6.45) is 0. The molecule has 0 fully saturated rings. The molecule has 0 aliphatic heterocycles. The molecule has 0 saturated carbocycles. The number of hydrogen-bond acceptors (Lipinski definition) is 5. The first-order chi connectivity index (χ1) is 9.22. The molecule has 0 aliphatic carbocycles. The van der Waals surface area contributed by atoms with Crippen LogP contribution in [-0.4, -0.2) is 30.5 Å². The molecule has 1 aromatic carbocycles. The summed E-state index contributed by atoms with van der Waals surface area (Å²) in [4.78, 5) is 0. The van der Waals surface area contributed by atoms with Gasteiger partial charge < -0.3 is 10.1 Å². The van der Waals surface area contributed by atoms with Gasteiger partial charge in [0.2, 0.25) is 0 Å². The van der Waals surface area contributed by atoms with E-state index in [1.807, 2.05) is 0 Å². The van der Waals surface area contributed by atoms with Gasteiger partial charge in [-0.15, -0.1) is 10.2 Å². The molecule has 4 nitrogen and oxygen atoms in total. The van der Waals surface area contributed by atoms with Crippen LogP contribution >= 0.6 is 11.3 Å². The molecular formula is C14H19N3OS. The second-order valence-electron chi connectivity index (χ2n) is 4.44. The summed E-state index contributed by atoms with van der Waals surface area (Å²) >= 11 is 1.65. The van der Waals surface area contributed by atoms with Gasteiger partial charge in [-0.05, 0) is 25.0 Å². The van der Waals surface area contributed by atoms with Crippen LogP contribution < -0.4 is 5.32 Å². The van der Waals surface area contributed by atoms with Crippen LogP contribution in [0, 0.1) is 13.8 Å². The van der Waals surface area contributed by atoms with E-state index in [1.54, 1.807) is 18.4 Å². The zero-order chi connectivity index (χ0) is 13.7. The third-order valence-corrected chi connectivity index (χ3v) is 3.86. The van der Waals surface area contributed by atoms with E-state index in [0.29, 0.717) is 6.61 Å². The van der Waals surface area contributed by atoms with Gasteiger partial charge in [0, 0.05) is 25.8 Å². The fourth-order valence-corrected chi connectivity index (χ4v) is 2.93. The first kappa shape index (κ1) is 14.1. The highest BCUT2D eigenvalue weighted by Gasteiger charge is 2.11. The Kier molecular flexibility index (Phi) is 5.01. The second-order valence-corrected chi connectivity index (χ2v) is 5.50. The maximum atomic E-state index is 4.99. The fraction of sp³-hybridized carbons (Fsp3) is 0.429. The quantitative estimate of drug-likeness (QED) is 0.824. The van der Waals surface area contributed by atoms with Crippen LogP contribution in [0.5, 0.6) is 0 Å². The first-order valence-electron chi connectivity index (χ1n) is 6.31. The van der Waals surface area contributed by atoms with Crippen molar-refractivity contribution in [2.75, 3.05) is 20.3 Å². The van der Waals surface area contributed by atoms with Crippen molar-refractivity contribution in [3.05, 3.63) is 34.3 Å². The largest absolute Gasteiger partial charge is 0.383 e. The van der Waals surface area contributed by atoms with Crippen LogP contribution in [0.2, 0.25) is 0 Å². The molecule has 1 heterocycles. The van der Waals surface area contributed by atoms with E-state index in [2.05, 4.69) is 47.6 Å². The average Bonchev–Trinajstić information content (AvgIpc) is 2.83. The van der Waals surface area contributed by atoms with E-state index < -0.39 is 0 Å². The molecule has 0 unspecified atom stereocenters. The highest BCUT2D eigenvalue weighted by Crippen LogP contribution is 2.29. The van der Waals surface area contributed by atoms with Crippen LogP contribution in [-0.2, 0) is 11.3 Å². The van der Waals surface area contributed by atoms with Crippen molar-refractivity contribution in [1.29, 1.82) is 0 Å². The maximum absolute atomic E-state index is 4.99. The normalized spacial score (nSPS) is 10.9. The Labute approximate surface area is 117 Å². The molecule has 0 spiro atoms. The summed E-state index contributed by atoms with van der Waals surface area (Å²) in [5.41, 5.74) is 3.70. The van der Waals surface area contributed by atoms with Crippen LogP contribution in [0.3, 0.4) is 0 Å². The third kappa shape index (κ3) is 3.59. The number of nitrogens with one attached hydrogen (secondary N) is 1. The summed E-state index contributed by atoms with van der Waals surface area (Å²) in [6, 6.07) is 6.29. The van der Waals surface area contributed by atoms with Gasteiger partial charge in [0.05, 0.1) is 6.61 Å². The van der Waals surface area contributed by atoms with Crippen molar-refractivity contribution < 1.29 is 4.74 Å². The van der Waals surface area contributed by atoms with Gasteiger partial charge in [-0.25, -0.2) is 0 Å². The highest BCUT2D eigenvalue weighted by molar-refractivity contribution is 7.14. The molecule has 0 bridgehead atoms. The first-order valence-corrected chi connectivity index (χ1v) is 7.12. The monoisotopic (exact) mass is 277 g/mol. The van der Waals surface area contributed by atoms with Gasteiger partial charge in [-0.1, -0.05) is 29.5 Å². The number of aromatic nitrogens is 2. The SMILES string of the molecule is COCCNCc1nnc(-c2c(C)cccc2C)s1. The Morgan fingerprint density at radius 2 is 1.95 bits per heavy atom. The topological polar surface area (TPSA) is 47.0 Å². The number of ether oxygens (including phenoxy) is 1. The molecule has 102 valence electrons. The highest BCUT2D eigenvalue weighted by atomic mass is 32.1. The summed E-state index contributed by atoms with van der Waals surface area (Å²) in [7, 11) is 1.70. The summed E-state index contributed by atoms with van der Waals surface area (Å²) in [6.45, 7) is 6.50. The van der Waals surface area contributed by atoms with Gasteiger partial charge >= 0.3 is 0 Å². The van der Waals surface area contributed by atoms with Crippen molar-refractivity contribution in [3.8, 4) is 10.6 Å². The van der Waals surface area contributed by atoms with E-state index >= 15 is 0 Å². The van der Waals surface area contributed by atoms with Gasteiger partial charge in [0.15, 0.2) is 0 Å². The molecule has 2 rings (SSSR count). The van der Waals surface area contributed by atoms with Crippen molar-refractivity contribution >= 4 is 11.3 Å². The Hall–Kier alpha value is -1.30. The maximum Gasteiger partial charge on any atom is 0.148 e. The van der Waals surface area contributed by atoms with Gasteiger partial charge in [-0.2, -0.15) is 0 Å². The molecule has 0 radical (unpaired) electrons. The molecule has 19 heavy (non-hydrogen) atoms. The van der Waals surface area contributed by atoms with Crippen LogP contribution in [0.25, 0.3) is 10.6 Å². The minimum absolute atomic E-state index is 0.711. The molecule has 0 amide bonds. The Balaban J connectivity index is 2.08.